The topological polar surface area (TPSA) is 22.0 Å². The summed E-state index contributed by atoms with van der Waals surface area (Å²) >= 11 is 1.87. The molecule has 0 aromatic carbocycles. The third kappa shape index (κ3) is 1.22. The molecule has 1 aromatic heterocycles. The zero-order chi connectivity index (χ0) is 10.3. The molecule has 76 valence electrons. The van der Waals surface area contributed by atoms with Crippen molar-refractivity contribution >= 4 is 17.5 Å². The summed E-state index contributed by atoms with van der Waals surface area (Å²) in [7, 11) is 1.94. The number of hydrogen-bond donors (Lipinski definition) is 0. The molecule has 1 aliphatic rings. The number of thioether (sulfide) groups is 1. The zero-order valence-electron chi connectivity index (χ0n) is 8.83. The first-order valence-electron chi connectivity index (χ1n) is 4.91. The molecule has 2 nitrogen and oxygen atoms in total. The molecule has 0 N–H and O–H groups in total. The molecule has 1 atom stereocenters. The van der Waals surface area contributed by atoms with Crippen LogP contribution in [-0.2, 0) is 11.8 Å². The highest BCUT2D eigenvalue weighted by atomic mass is 32.2. The first-order chi connectivity index (χ1) is 6.58. The molecule has 0 spiro atoms. The lowest BCUT2D eigenvalue weighted by Crippen LogP contribution is -2.13. The number of hydrogen-bond acceptors (Lipinski definition) is 2. The Morgan fingerprint density at radius 1 is 1.64 bits per heavy atom. The normalized spacial score (nSPS) is 25.5. The van der Waals surface area contributed by atoms with Gasteiger partial charge in [-0.15, -0.1) is 0 Å². The van der Waals surface area contributed by atoms with Crippen LogP contribution < -0.4 is 0 Å². The quantitative estimate of drug-likeness (QED) is 0.747. The number of ketones is 1. The Morgan fingerprint density at radius 3 is 3.00 bits per heavy atom. The van der Waals surface area contributed by atoms with E-state index >= 15 is 0 Å². The Kier molecular flexibility index (Phi) is 2.22. The predicted octanol–water partition coefficient (Wildman–Crippen LogP) is 2.58. The van der Waals surface area contributed by atoms with Crippen molar-refractivity contribution in [3.63, 3.8) is 0 Å². The molecule has 0 radical (unpaired) electrons. The lowest BCUT2D eigenvalue weighted by Gasteiger charge is -2.21. The van der Waals surface area contributed by atoms with E-state index in [1.165, 1.54) is 5.56 Å². The van der Waals surface area contributed by atoms with E-state index in [9.17, 15) is 4.79 Å². The summed E-state index contributed by atoms with van der Waals surface area (Å²) in [6, 6.07) is 2.09. The van der Waals surface area contributed by atoms with Gasteiger partial charge in [-0.05, 0) is 24.3 Å². The van der Waals surface area contributed by atoms with Crippen LogP contribution in [-0.4, -0.2) is 16.1 Å². The van der Waals surface area contributed by atoms with Crippen LogP contribution in [0.5, 0.6) is 0 Å². The summed E-state index contributed by atoms with van der Waals surface area (Å²) in [5.41, 5.74) is 2.13. The van der Waals surface area contributed by atoms with Crippen molar-refractivity contribution in [2.24, 2.45) is 7.05 Å². The van der Waals surface area contributed by atoms with Gasteiger partial charge in [0.25, 0.3) is 0 Å². The van der Waals surface area contributed by atoms with E-state index in [1.54, 1.807) is 0 Å². The van der Waals surface area contributed by atoms with Crippen molar-refractivity contribution in [2.45, 2.75) is 25.0 Å². The fourth-order valence-electron chi connectivity index (χ4n) is 2.24. The summed E-state index contributed by atoms with van der Waals surface area (Å²) in [6.07, 6.45) is 2.64. The molecule has 0 amide bonds. The van der Waals surface area contributed by atoms with Crippen LogP contribution in [0.4, 0.5) is 0 Å². The Bertz CT molecular complexity index is 383. The smallest absolute Gasteiger partial charge is 0.181 e. The zero-order valence-corrected chi connectivity index (χ0v) is 9.65. The number of carbonyl (C=O) groups excluding carboxylic acids is 1. The summed E-state index contributed by atoms with van der Waals surface area (Å²) < 4.78 is 1.96. The Labute approximate surface area is 88.7 Å². The number of nitrogens with zero attached hydrogens (tertiary/aromatic N) is 1. The fraction of sp³-hybridized carbons (Fsp3) is 0.545. The van der Waals surface area contributed by atoms with E-state index in [-0.39, 0.29) is 10.5 Å². The van der Waals surface area contributed by atoms with E-state index in [4.69, 9.17) is 0 Å². The van der Waals surface area contributed by atoms with Crippen molar-refractivity contribution in [2.75, 3.05) is 5.75 Å². The van der Waals surface area contributed by atoms with Gasteiger partial charge < -0.3 is 4.57 Å². The SMILES string of the molecule is CCSC1(C)CC(=O)c2c1ccn2C. The average molecular weight is 209 g/mol. The monoisotopic (exact) mass is 209 g/mol. The number of rotatable bonds is 2. The number of aryl methyl sites for hydroxylation is 1. The molecule has 0 saturated heterocycles. The maximum Gasteiger partial charge on any atom is 0.181 e. The van der Waals surface area contributed by atoms with Gasteiger partial charge >= 0.3 is 0 Å². The molecular formula is C11H15NOS. The van der Waals surface area contributed by atoms with E-state index in [0.29, 0.717) is 6.42 Å². The number of carbonyl (C=O) groups is 1. The molecule has 1 heterocycles. The maximum absolute atomic E-state index is 11.8. The highest BCUT2D eigenvalue weighted by Gasteiger charge is 2.41. The second-order valence-corrected chi connectivity index (χ2v) is 5.72. The van der Waals surface area contributed by atoms with E-state index in [0.717, 1.165) is 11.4 Å². The Hall–Kier alpha value is -0.700. The molecule has 2 rings (SSSR count). The minimum Gasteiger partial charge on any atom is -0.348 e. The van der Waals surface area contributed by atoms with E-state index in [1.807, 2.05) is 29.6 Å². The molecule has 1 unspecified atom stereocenters. The van der Waals surface area contributed by atoms with Crippen LogP contribution >= 0.6 is 11.8 Å². The van der Waals surface area contributed by atoms with Gasteiger partial charge in [-0.3, -0.25) is 4.79 Å². The Morgan fingerprint density at radius 2 is 2.36 bits per heavy atom. The molecule has 0 bridgehead atoms. The van der Waals surface area contributed by atoms with Crippen LogP contribution in [0.2, 0.25) is 0 Å². The van der Waals surface area contributed by atoms with Crippen LogP contribution in [0, 0.1) is 0 Å². The number of aromatic nitrogens is 1. The summed E-state index contributed by atoms with van der Waals surface area (Å²) in [5.74, 6) is 1.34. The third-order valence-corrected chi connectivity index (χ3v) is 4.16. The molecule has 14 heavy (non-hydrogen) atoms. The molecular weight excluding hydrogens is 194 g/mol. The van der Waals surface area contributed by atoms with Gasteiger partial charge in [0.05, 0.1) is 5.69 Å². The third-order valence-electron chi connectivity index (χ3n) is 2.87. The van der Waals surface area contributed by atoms with Gasteiger partial charge in [-0.25, -0.2) is 0 Å². The summed E-state index contributed by atoms with van der Waals surface area (Å²) in [6.45, 7) is 4.31. The van der Waals surface area contributed by atoms with Gasteiger partial charge in [-0.2, -0.15) is 11.8 Å². The van der Waals surface area contributed by atoms with Crippen molar-refractivity contribution < 1.29 is 4.79 Å². The highest BCUT2D eigenvalue weighted by Crippen LogP contribution is 2.46. The van der Waals surface area contributed by atoms with Crippen LogP contribution in [0.3, 0.4) is 0 Å². The van der Waals surface area contributed by atoms with E-state index in [2.05, 4.69) is 19.9 Å². The largest absolute Gasteiger partial charge is 0.348 e. The predicted molar refractivity (Wildman–Crippen MR) is 59.8 cm³/mol. The second-order valence-electron chi connectivity index (χ2n) is 3.95. The number of Topliss-reactive ketones (excluding diaryl/α,β-unsaturated/α-hetero) is 1. The van der Waals surface area contributed by atoms with Crippen LogP contribution in [0.25, 0.3) is 0 Å². The van der Waals surface area contributed by atoms with Crippen molar-refractivity contribution in [1.82, 2.24) is 4.57 Å². The average Bonchev–Trinajstić information content (AvgIpc) is 2.57. The van der Waals surface area contributed by atoms with Gasteiger partial charge in [0.1, 0.15) is 0 Å². The maximum atomic E-state index is 11.8. The lowest BCUT2D eigenvalue weighted by molar-refractivity contribution is 0.0980. The van der Waals surface area contributed by atoms with Crippen LogP contribution in [0.1, 0.15) is 36.3 Å². The van der Waals surface area contributed by atoms with Crippen molar-refractivity contribution in [1.29, 1.82) is 0 Å². The molecule has 0 saturated carbocycles. The van der Waals surface area contributed by atoms with Gasteiger partial charge in [0, 0.05) is 24.4 Å². The molecule has 0 aliphatic heterocycles. The van der Waals surface area contributed by atoms with Crippen molar-refractivity contribution in [3.8, 4) is 0 Å². The molecule has 1 aromatic rings. The highest BCUT2D eigenvalue weighted by molar-refractivity contribution is 8.00. The second kappa shape index (κ2) is 3.16. The van der Waals surface area contributed by atoms with E-state index < -0.39 is 0 Å². The first-order valence-corrected chi connectivity index (χ1v) is 5.90. The van der Waals surface area contributed by atoms with Crippen LogP contribution in [0.15, 0.2) is 12.3 Å². The van der Waals surface area contributed by atoms with Gasteiger partial charge in [0.2, 0.25) is 0 Å². The number of fused-ring (bicyclic) bond motifs is 1. The minimum absolute atomic E-state index is 0.0163. The molecule has 1 aliphatic carbocycles. The minimum atomic E-state index is 0.0163. The molecule has 3 heteroatoms. The lowest BCUT2D eigenvalue weighted by atomic mass is 10.1. The first kappa shape index (κ1) is 9.84. The van der Waals surface area contributed by atoms with Gasteiger partial charge in [-0.1, -0.05) is 6.92 Å². The summed E-state index contributed by atoms with van der Waals surface area (Å²) in [5, 5.41) is 0. The molecule has 0 fully saturated rings. The van der Waals surface area contributed by atoms with Gasteiger partial charge in [0.15, 0.2) is 5.78 Å². The summed E-state index contributed by atoms with van der Waals surface area (Å²) in [4.78, 5) is 11.8. The standard InChI is InChI=1S/C11H15NOS/c1-4-14-11(2)7-9(13)10-8(11)5-6-12(10)3/h5-6H,4,7H2,1-3H3. The Balaban J connectivity index is 2.49. The van der Waals surface area contributed by atoms with Crippen molar-refractivity contribution in [3.05, 3.63) is 23.5 Å². The fourth-order valence-corrected chi connectivity index (χ4v) is 3.43.